The predicted molar refractivity (Wildman–Crippen MR) is 106 cm³/mol. The van der Waals surface area contributed by atoms with Gasteiger partial charge in [0.25, 0.3) is 5.91 Å². The number of hydrogen-bond acceptors (Lipinski definition) is 6. The van der Waals surface area contributed by atoms with E-state index in [1.807, 2.05) is 0 Å². The Labute approximate surface area is 167 Å². The number of quaternary nitrogens is 1. The van der Waals surface area contributed by atoms with Gasteiger partial charge in [-0.05, 0) is 12.1 Å². The molecule has 0 bridgehead atoms. The number of fused-ring (bicyclic) bond motifs is 1. The third-order valence-corrected chi connectivity index (χ3v) is 5.60. The van der Waals surface area contributed by atoms with E-state index in [2.05, 4.69) is 19.1 Å². The Bertz CT molecular complexity index is 852. The lowest BCUT2D eigenvalue weighted by atomic mass is 10.3. The fourth-order valence-electron chi connectivity index (χ4n) is 2.71. The zero-order valence-electron chi connectivity index (χ0n) is 15.6. The number of nitrogens with zero attached hydrogens (tertiary/aromatic N) is 2. The van der Waals surface area contributed by atoms with Crippen molar-refractivity contribution in [2.75, 3.05) is 52.4 Å². The number of anilines is 1. The van der Waals surface area contributed by atoms with Crippen molar-refractivity contribution in [3.63, 3.8) is 0 Å². The van der Waals surface area contributed by atoms with Crippen LogP contribution in [-0.4, -0.2) is 58.4 Å². The van der Waals surface area contributed by atoms with Crippen molar-refractivity contribution in [3.05, 3.63) is 29.2 Å². The topological polar surface area (TPSA) is 65.3 Å². The van der Waals surface area contributed by atoms with Crippen LogP contribution in [0.5, 0.6) is 5.75 Å². The van der Waals surface area contributed by atoms with Gasteiger partial charge in [0.1, 0.15) is 30.7 Å². The minimum Gasteiger partial charge on any atom is -0.494 e. The molecule has 0 radical (unpaired) electrons. The lowest BCUT2D eigenvalue weighted by Crippen LogP contribution is -3.05. The minimum atomic E-state index is -0.266. The van der Waals surface area contributed by atoms with Crippen LogP contribution in [0.3, 0.4) is 0 Å². The summed E-state index contributed by atoms with van der Waals surface area (Å²) in [7, 11) is 5.74. The molecular weight excluding hydrogens is 390 g/mol. The quantitative estimate of drug-likeness (QED) is 0.750. The molecule has 1 aliphatic heterocycles. The summed E-state index contributed by atoms with van der Waals surface area (Å²) >= 11 is 7.69. The van der Waals surface area contributed by atoms with Gasteiger partial charge in [-0.15, -0.1) is 0 Å². The summed E-state index contributed by atoms with van der Waals surface area (Å²) in [5, 5.41) is 1.14. The number of benzene rings is 1. The number of nitrogens with one attached hydrogen (secondary N) is 1. The molecule has 3 rings (SSSR count). The Balaban J connectivity index is 1.96. The van der Waals surface area contributed by atoms with E-state index >= 15 is 0 Å². The Kier molecular flexibility index (Phi) is 6.41. The molecule has 9 heteroatoms. The van der Waals surface area contributed by atoms with E-state index in [1.54, 1.807) is 24.1 Å². The SMILES string of the molecule is COc1ccc(Cl)c2sc(N(CCC[NH+](C)C)C(=O)C3=COCCO3)nc12. The number of carbonyl (C=O) groups is 1. The molecule has 2 heterocycles. The van der Waals surface area contributed by atoms with Crippen LogP contribution < -0.4 is 14.5 Å². The molecule has 146 valence electrons. The molecule has 7 nitrogen and oxygen atoms in total. The first-order chi connectivity index (χ1) is 13.0. The predicted octanol–water partition coefficient (Wildman–Crippen LogP) is 1.71. The number of methoxy groups -OCH3 is 1. The van der Waals surface area contributed by atoms with Crippen LogP contribution in [0, 0.1) is 0 Å². The molecule has 27 heavy (non-hydrogen) atoms. The average molecular weight is 413 g/mol. The summed E-state index contributed by atoms with van der Waals surface area (Å²) in [6, 6.07) is 3.54. The van der Waals surface area contributed by atoms with Crippen molar-refractivity contribution in [1.29, 1.82) is 0 Å². The average Bonchev–Trinajstić information content (AvgIpc) is 3.11. The first-order valence-corrected chi connectivity index (χ1v) is 9.89. The third kappa shape index (κ3) is 4.45. The van der Waals surface area contributed by atoms with Crippen molar-refractivity contribution in [3.8, 4) is 5.75 Å². The molecule has 1 N–H and O–H groups in total. The van der Waals surface area contributed by atoms with Crippen LogP contribution in [0.25, 0.3) is 10.2 Å². The lowest BCUT2D eigenvalue weighted by Gasteiger charge is -2.23. The molecule has 0 spiro atoms. The Morgan fingerprint density at radius 3 is 2.89 bits per heavy atom. The maximum absolute atomic E-state index is 13.0. The van der Waals surface area contributed by atoms with E-state index in [-0.39, 0.29) is 11.7 Å². The summed E-state index contributed by atoms with van der Waals surface area (Å²) in [4.78, 5) is 20.6. The normalized spacial score (nSPS) is 13.9. The smallest absolute Gasteiger partial charge is 0.298 e. The molecule has 0 saturated heterocycles. The highest BCUT2D eigenvalue weighted by molar-refractivity contribution is 7.23. The molecule has 1 aromatic heterocycles. The van der Waals surface area contributed by atoms with E-state index < -0.39 is 0 Å². The summed E-state index contributed by atoms with van der Waals surface area (Å²) in [5.74, 6) is 0.548. The van der Waals surface area contributed by atoms with Crippen LogP contribution >= 0.6 is 22.9 Å². The molecule has 0 fully saturated rings. The molecule has 0 saturated carbocycles. The third-order valence-electron chi connectivity index (χ3n) is 4.06. The largest absolute Gasteiger partial charge is 0.494 e. The monoisotopic (exact) mass is 412 g/mol. The highest BCUT2D eigenvalue weighted by Crippen LogP contribution is 2.39. The number of aromatic nitrogens is 1. The van der Waals surface area contributed by atoms with Gasteiger partial charge in [-0.3, -0.25) is 9.69 Å². The van der Waals surface area contributed by atoms with Gasteiger partial charge in [0.2, 0.25) is 5.76 Å². The first-order valence-electron chi connectivity index (χ1n) is 8.69. The van der Waals surface area contributed by atoms with E-state index in [4.69, 9.17) is 25.8 Å². The van der Waals surface area contributed by atoms with Crippen LogP contribution in [-0.2, 0) is 14.3 Å². The summed E-state index contributed by atoms with van der Waals surface area (Å²) in [6.07, 6.45) is 2.19. The van der Waals surface area contributed by atoms with E-state index in [1.165, 1.54) is 22.5 Å². The number of rotatable bonds is 7. The number of ether oxygens (including phenoxy) is 3. The molecule has 1 aromatic carbocycles. The highest BCUT2D eigenvalue weighted by atomic mass is 35.5. The fraction of sp³-hybridized carbons (Fsp3) is 0.444. The van der Waals surface area contributed by atoms with Crippen LogP contribution in [0.4, 0.5) is 5.13 Å². The minimum absolute atomic E-state index is 0.191. The van der Waals surface area contributed by atoms with Gasteiger partial charge in [-0.25, -0.2) is 4.98 Å². The Morgan fingerprint density at radius 2 is 2.22 bits per heavy atom. The maximum Gasteiger partial charge on any atom is 0.298 e. The lowest BCUT2D eigenvalue weighted by molar-refractivity contribution is -0.858. The molecule has 0 aliphatic carbocycles. The Hall–Kier alpha value is -2.03. The van der Waals surface area contributed by atoms with Crippen molar-refractivity contribution < 1.29 is 23.9 Å². The van der Waals surface area contributed by atoms with Gasteiger partial charge in [-0.1, -0.05) is 22.9 Å². The standard InChI is InChI=1S/C18H22ClN3O4S/c1-21(2)7-4-8-22(17(23)14-11-25-9-10-26-14)18-20-15-13(24-3)6-5-12(19)16(15)27-18/h5-6,11H,4,7-10H2,1-3H3/p+1. The number of thiazole rings is 1. The van der Waals surface area contributed by atoms with Crippen molar-refractivity contribution in [2.24, 2.45) is 0 Å². The van der Waals surface area contributed by atoms with E-state index in [9.17, 15) is 4.79 Å². The van der Waals surface area contributed by atoms with E-state index in [0.717, 1.165) is 17.7 Å². The molecule has 0 unspecified atom stereocenters. The van der Waals surface area contributed by atoms with Gasteiger partial charge in [0.05, 0.1) is 37.5 Å². The van der Waals surface area contributed by atoms with Crippen molar-refractivity contribution in [2.45, 2.75) is 6.42 Å². The number of hydrogen-bond donors (Lipinski definition) is 1. The summed E-state index contributed by atoms with van der Waals surface area (Å²) in [6.45, 7) is 2.24. The fourth-order valence-corrected chi connectivity index (χ4v) is 3.99. The van der Waals surface area contributed by atoms with Crippen LogP contribution in [0.1, 0.15) is 6.42 Å². The molecule has 0 atom stereocenters. The van der Waals surface area contributed by atoms with Gasteiger partial charge < -0.3 is 19.1 Å². The first kappa shape index (κ1) is 19.7. The van der Waals surface area contributed by atoms with Gasteiger partial charge in [0.15, 0.2) is 5.13 Å². The number of carbonyl (C=O) groups excluding carboxylic acids is 1. The molecule has 1 amide bonds. The van der Waals surface area contributed by atoms with Gasteiger partial charge in [0, 0.05) is 13.0 Å². The summed E-state index contributed by atoms with van der Waals surface area (Å²) < 4.78 is 16.9. The number of halogens is 1. The second kappa shape index (κ2) is 8.77. The summed E-state index contributed by atoms with van der Waals surface area (Å²) in [5.41, 5.74) is 0.649. The van der Waals surface area contributed by atoms with Crippen LogP contribution in [0.15, 0.2) is 24.2 Å². The van der Waals surface area contributed by atoms with Crippen molar-refractivity contribution >= 4 is 44.2 Å². The molecule has 1 aliphatic rings. The Morgan fingerprint density at radius 1 is 1.41 bits per heavy atom. The van der Waals surface area contributed by atoms with Gasteiger partial charge in [-0.2, -0.15) is 0 Å². The van der Waals surface area contributed by atoms with Crippen molar-refractivity contribution in [1.82, 2.24) is 4.98 Å². The second-order valence-electron chi connectivity index (χ2n) is 6.39. The molecular formula is C18H23ClN3O4S+. The van der Waals surface area contributed by atoms with Gasteiger partial charge >= 0.3 is 0 Å². The zero-order chi connectivity index (χ0) is 19.4. The van der Waals surface area contributed by atoms with E-state index in [0.29, 0.717) is 41.2 Å². The number of amides is 1. The van der Waals surface area contributed by atoms with Crippen LogP contribution in [0.2, 0.25) is 5.02 Å². The highest BCUT2D eigenvalue weighted by Gasteiger charge is 2.27. The maximum atomic E-state index is 13.0. The zero-order valence-corrected chi connectivity index (χ0v) is 17.2. The molecule has 2 aromatic rings. The second-order valence-corrected chi connectivity index (χ2v) is 7.78.